The zero-order chi connectivity index (χ0) is 12.4. The summed E-state index contributed by atoms with van der Waals surface area (Å²) in [5.74, 6) is 2.47. The maximum atomic E-state index is 6.00. The molecule has 3 rings (SSSR count). The van der Waals surface area contributed by atoms with Gasteiger partial charge in [0.05, 0.1) is 0 Å². The van der Waals surface area contributed by atoms with Gasteiger partial charge in [0, 0.05) is 12.1 Å². The molecule has 0 bridgehead atoms. The van der Waals surface area contributed by atoms with E-state index in [4.69, 9.17) is 14.2 Å². The van der Waals surface area contributed by atoms with Crippen molar-refractivity contribution < 1.29 is 14.2 Å². The lowest BCUT2D eigenvalue weighted by molar-refractivity contribution is 0.173. The van der Waals surface area contributed by atoms with E-state index in [1.165, 1.54) is 6.42 Å². The number of benzene rings is 1. The van der Waals surface area contributed by atoms with Crippen molar-refractivity contribution in [1.29, 1.82) is 0 Å². The Kier molecular flexibility index (Phi) is 3.28. The van der Waals surface area contributed by atoms with Gasteiger partial charge in [-0.2, -0.15) is 0 Å². The molecular formula is C14H19NO3. The van der Waals surface area contributed by atoms with Crippen molar-refractivity contribution in [1.82, 2.24) is 5.32 Å². The maximum absolute atomic E-state index is 6.00. The van der Waals surface area contributed by atoms with E-state index in [0.29, 0.717) is 18.9 Å². The van der Waals surface area contributed by atoms with Gasteiger partial charge in [-0.25, -0.2) is 0 Å². The van der Waals surface area contributed by atoms with E-state index in [1.807, 2.05) is 18.2 Å². The van der Waals surface area contributed by atoms with Crippen molar-refractivity contribution in [2.45, 2.75) is 38.3 Å². The van der Waals surface area contributed by atoms with Crippen LogP contribution in [0.2, 0.25) is 0 Å². The average Bonchev–Trinajstić information content (AvgIpc) is 2.98. The minimum absolute atomic E-state index is 0.310. The highest BCUT2D eigenvalue weighted by molar-refractivity contribution is 5.46. The molecule has 0 spiro atoms. The van der Waals surface area contributed by atoms with Gasteiger partial charge in [-0.1, -0.05) is 6.92 Å². The van der Waals surface area contributed by atoms with E-state index in [9.17, 15) is 0 Å². The predicted molar refractivity (Wildman–Crippen MR) is 68.3 cm³/mol. The van der Waals surface area contributed by atoms with Crippen molar-refractivity contribution in [3.63, 3.8) is 0 Å². The molecule has 1 fully saturated rings. The number of hydrogen-bond donors (Lipinski definition) is 1. The molecule has 18 heavy (non-hydrogen) atoms. The molecule has 2 aliphatic rings. The average molecular weight is 249 g/mol. The SMILES string of the molecule is CCNC1CCC(Oc2ccc3c(c2)OCO3)C1. The molecule has 0 aromatic heterocycles. The van der Waals surface area contributed by atoms with Gasteiger partial charge in [0.2, 0.25) is 6.79 Å². The maximum Gasteiger partial charge on any atom is 0.231 e. The summed E-state index contributed by atoms with van der Waals surface area (Å²) < 4.78 is 16.6. The van der Waals surface area contributed by atoms with Crippen LogP contribution in [0.4, 0.5) is 0 Å². The third-order valence-corrected chi connectivity index (χ3v) is 3.52. The van der Waals surface area contributed by atoms with E-state index in [-0.39, 0.29) is 0 Å². The normalized spacial score (nSPS) is 25.4. The summed E-state index contributed by atoms with van der Waals surface area (Å²) in [7, 11) is 0. The number of nitrogens with one attached hydrogen (secondary N) is 1. The quantitative estimate of drug-likeness (QED) is 0.889. The molecule has 0 amide bonds. The largest absolute Gasteiger partial charge is 0.490 e. The zero-order valence-electron chi connectivity index (χ0n) is 10.6. The van der Waals surface area contributed by atoms with E-state index < -0.39 is 0 Å². The van der Waals surface area contributed by atoms with Crippen molar-refractivity contribution >= 4 is 0 Å². The predicted octanol–water partition coefficient (Wildman–Crippen LogP) is 2.32. The Labute approximate surface area is 107 Å². The summed E-state index contributed by atoms with van der Waals surface area (Å²) in [5, 5.41) is 3.48. The van der Waals surface area contributed by atoms with Crippen LogP contribution in [0.15, 0.2) is 18.2 Å². The van der Waals surface area contributed by atoms with Crippen LogP contribution >= 0.6 is 0 Å². The van der Waals surface area contributed by atoms with Crippen LogP contribution in [0.5, 0.6) is 17.2 Å². The molecule has 98 valence electrons. The fourth-order valence-electron chi connectivity index (χ4n) is 2.66. The van der Waals surface area contributed by atoms with Gasteiger partial charge in [-0.05, 0) is 37.9 Å². The molecule has 1 aromatic rings. The van der Waals surface area contributed by atoms with Crippen LogP contribution in [0, 0.1) is 0 Å². The number of ether oxygens (including phenoxy) is 3. The monoisotopic (exact) mass is 249 g/mol. The number of rotatable bonds is 4. The van der Waals surface area contributed by atoms with Gasteiger partial charge in [-0.3, -0.25) is 0 Å². The minimum atomic E-state index is 0.310. The standard InChI is InChI=1S/C14H19NO3/c1-2-15-10-3-4-11(7-10)18-12-5-6-13-14(8-12)17-9-16-13/h5-6,8,10-11,15H,2-4,7,9H2,1H3. The smallest absolute Gasteiger partial charge is 0.231 e. The Bertz CT molecular complexity index is 422. The van der Waals surface area contributed by atoms with Crippen LogP contribution in [-0.2, 0) is 0 Å². The van der Waals surface area contributed by atoms with Crippen LogP contribution in [0.1, 0.15) is 26.2 Å². The fourth-order valence-corrected chi connectivity index (χ4v) is 2.66. The molecule has 0 saturated heterocycles. The third-order valence-electron chi connectivity index (χ3n) is 3.52. The van der Waals surface area contributed by atoms with E-state index >= 15 is 0 Å². The Morgan fingerprint density at radius 2 is 2.17 bits per heavy atom. The molecule has 1 N–H and O–H groups in total. The molecular weight excluding hydrogens is 230 g/mol. The minimum Gasteiger partial charge on any atom is -0.490 e. The highest BCUT2D eigenvalue weighted by atomic mass is 16.7. The zero-order valence-corrected chi connectivity index (χ0v) is 10.6. The fraction of sp³-hybridized carbons (Fsp3) is 0.571. The Morgan fingerprint density at radius 1 is 1.28 bits per heavy atom. The van der Waals surface area contributed by atoms with Crippen molar-refractivity contribution in [2.24, 2.45) is 0 Å². The van der Waals surface area contributed by atoms with Gasteiger partial charge in [0.25, 0.3) is 0 Å². The van der Waals surface area contributed by atoms with Crippen LogP contribution in [0.25, 0.3) is 0 Å². The van der Waals surface area contributed by atoms with Crippen LogP contribution in [0.3, 0.4) is 0 Å². The molecule has 1 heterocycles. The van der Waals surface area contributed by atoms with E-state index in [2.05, 4.69) is 12.2 Å². The second-order valence-corrected chi connectivity index (χ2v) is 4.82. The van der Waals surface area contributed by atoms with Gasteiger partial charge in [0.1, 0.15) is 11.9 Å². The molecule has 2 atom stereocenters. The van der Waals surface area contributed by atoms with Gasteiger partial charge in [-0.15, -0.1) is 0 Å². The summed E-state index contributed by atoms with van der Waals surface area (Å²) in [6.07, 6.45) is 3.71. The van der Waals surface area contributed by atoms with Gasteiger partial charge in [0.15, 0.2) is 11.5 Å². The Hall–Kier alpha value is -1.42. The molecule has 1 saturated carbocycles. The summed E-state index contributed by atoms with van der Waals surface area (Å²) in [5.41, 5.74) is 0. The Morgan fingerprint density at radius 3 is 3.06 bits per heavy atom. The molecule has 4 heteroatoms. The highest BCUT2D eigenvalue weighted by Crippen LogP contribution is 2.36. The summed E-state index contributed by atoms with van der Waals surface area (Å²) in [4.78, 5) is 0. The number of fused-ring (bicyclic) bond motifs is 1. The van der Waals surface area contributed by atoms with Crippen molar-refractivity contribution in [2.75, 3.05) is 13.3 Å². The Balaban J connectivity index is 1.60. The van der Waals surface area contributed by atoms with Gasteiger partial charge >= 0.3 is 0 Å². The first kappa shape index (κ1) is 11.7. The lowest BCUT2D eigenvalue weighted by Gasteiger charge is -2.14. The molecule has 1 aliphatic heterocycles. The lowest BCUT2D eigenvalue weighted by Crippen LogP contribution is -2.27. The first-order chi connectivity index (χ1) is 8.85. The van der Waals surface area contributed by atoms with Crippen molar-refractivity contribution in [3.8, 4) is 17.2 Å². The highest BCUT2D eigenvalue weighted by Gasteiger charge is 2.25. The first-order valence-electron chi connectivity index (χ1n) is 6.65. The van der Waals surface area contributed by atoms with E-state index in [0.717, 1.165) is 36.6 Å². The second kappa shape index (κ2) is 5.06. The molecule has 0 radical (unpaired) electrons. The summed E-state index contributed by atoms with van der Waals surface area (Å²) >= 11 is 0. The molecule has 4 nitrogen and oxygen atoms in total. The van der Waals surface area contributed by atoms with Crippen LogP contribution in [-0.4, -0.2) is 25.5 Å². The summed E-state index contributed by atoms with van der Waals surface area (Å²) in [6, 6.07) is 6.39. The first-order valence-corrected chi connectivity index (χ1v) is 6.65. The molecule has 1 aromatic carbocycles. The van der Waals surface area contributed by atoms with E-state index in [1.54, 1.807) is 0 Å². The van der Waals surface area contributed by atoms with Crippen molar-refractivity contribution in [3.05, 3.63) is 18.2 Å². The third kappa shape index (κ3) is 2.38. The molecule has 2 unspecified atom stereocenters. The second-order valence-electron chi connectivity index (χ2n) is 4.82. The van der Waals surface area contributed by atoms with Crippen LogP contribution < -0.4 is 19.5 Å². The summed E-state index contributed by atoms with van der Waals surface area (Å²) in [6.45, 7) is 3.48. The lowest BCUT2D eigenvalue weighted by atomic mass is 10.2. The topological polar surface area (TPSA) is 39.7 Å². The number of hydrogen-bond acceptors (Lipinski definition) is 4. The van der Waals surface area contributed by atoms with Gasteiger partial charge < -0.3 is 19.5 Å². The molecule has 1 aliphatic carbocycles.